The highest BCUT2D eigenvalue weighted by Gasteiger charge is 2.67. The summed E-state index contributed by atoms with van der Waals surface area (Å²) in [5.74, 6) is -0.104. The fraction of sp³-hybridized carbons (Fsp3) is 0.643. The Morgan fingerprint density at radius 3 is 2.48 bits per heavy atom. The van der Waals surface area contributed by atoms with Crippen molar-refractivity contribution < 1.29 is 23.8 Å². The molecule has 5 nitrogen and oxygen atoms in total. The molecule has 0 amide bonds. The molecule has 5 heteroatoms. The monoisotopic (exact) mass is 454 g/mol. The molecule has 1 spiro atoms. The lowest BCUT2D eigenvalue weighted by Gasteiger charge is -2.56. The average molecular weight is 455 g/mol. The summed E-state index contributed by atoms with van der Waals surface area (Å²) in [5, 5.41) is 0. The second-order valence-electron chi connectivity index (χ2n) is 11.0. The van der Waals surface area contributed by atoms with E-state index in [9.17, 15) is 9.59 Å². The first-order chi connectivity index (χ1) is 15.5. The zero-order chi connectivity index (χ0) is 24.2. The van der Waals surface area contributed by atoms with Crippen molar-refractivity contribution in [3.63, 3.8) is 0 Å². The van der Waals surface area contributed by atoms with E-state index in [0.717, 1.165) is 24.8 Å². The molecule has 0 aromatic heterocycles. The van der Waals surface area contributed by atoms with E-state index in [1.807, 2.05) is 6.92 Å². The molecule has 1 saturated heterocycles. The van der Waals surface area contributed by atoms with E-state index in [0.29, 0.717) is 18.6 Å². The van der Waals surface area contributed by atoms with E-state index in [2.05, 4.69) is 52.8 Å². The molecule has 0 N–H and O–H groups in total. The van der Waals surface area contributed by atoms with Gasteiger partial charge in [-0.05, 0) is 64.5 Å². The van der Waals surface area contributed by atoms with E-state index >= 15 is 0 Å². The quantitative estimate of drug-likeness (QED) is 0.302. The number of Topliss-reactive ketones (excluding diaryl/α,β-unsaturated/α-hetero) is 1. The van der Waals surface area contributed by atoms with Crippen LogP contribution in [-0.2, 0) is 23.8 Å². The van der Waals surface area contributed by atoms with Crippen LogP contribution in [0.15, 0.2) is 46.3 Å². The number of hydrogen-bond donors (Lipinski definition) is 0. The molecule has 3 heterocycles. The van der Waals surface area contributed by atoms with Crippen molar-refractivity contribution in [2.75, 3.05) is 7.11 Å². The number of allylic oxidation sites excluding steroid dienone is 3. The van der Waals surface area contributed by atoms with Crippen molar-refractivity contribution in [2.24, 2.45) is 11.3 Å². The number of hydrogen-bond acceptors (Lipinski definition) is 5. The summed E-state index contributed by atoms with van der Waals surface area (Å²) in [7, 11) is 1.61. The molecule has 1 fully saturated rings. The number of esters is 1. The molecule has 180 valence electrons. The molecule has 1 aliphatic carbocycles. The highest BCUT2D eigenvalue weighted by molar-refractivity contribution is 6.19. The maximum absolute atomic E-state index is 13.6. The minimum absolute atomic E-state index is 0.0788. The Hall–Kier alpha value is -2.14. The molecule has 5 atom stereocenters. The maximum Gasteiger partial charge on any atom is 0.346 e. The Kier molecular flexibility index (Phi) is 6.01. The fourth-order valence-corrected chi connectivity index (χ4v) is 6.60. The summed E-state index contributed by atoms with van der Waals surface area (Å²) in [6, 6.07) is 0. The van der Waals surface area contributed by atoms with Crippen molar-refractivity contribution in [3.05, 3.63) is 46.3 Å². The largest absolute Gasteiger partial charge is 0.482 e. The van der Waals surface area contributed by atoms with Crippen LogP contribution in [0.2, 0.25) is 0 Å². The van der Waals surface area contributed by atoms with Crippen LogP contribution in [-0.4, -0.2) is 36.2 Å². The van der Waals surface area contributed by atoms with Gasteiger partial charge >= 0.3 is 5.97 Å². The molecule has 0 aromatic rings. The first kappa shape index (κ1) is 24.0. The molecule has 0 radical (unpaired) electrons. The molecular formula is C28H38O5. The van der Waals surface area contributed by atoms with Crippen molar-refractivity contribution in [3.8, 4) is 0 Å². The Bertz CT molecular complexity index is 998. The van der Waals surface area contributed by atoms with Crippen LogP contribution in [0.1, 0.15) is 80.1 Å². The minimum Gasteiger partial charge on any atom is -0.482 e. The van der Waals surface area contributed by atoms with Crippen LogP contribution in [0, 0.1) is 11.3 Å². The SMILES string of the molecule is CC[C@H]1C[C@@]23OC(=O)C4=C2O[C@](C)(/C=C(\C)CC/C=C(\C)[C@H](OC)CC4=O)C[C@@]3(C)C=C1C. The number of rotatable bonds is 2. The standard InChI is InChI=1S/C28H38O5/c1-8-20-15-28-24-23(25(30)33-28)21(29)12-22(31-7)18(3)11-9-10-17(2)13-27(6,32-24)16-26(28,5)14-19(20)4/h11,13-14,20,22H,8-10,12,15-16H2,1-7H3/b17-13+,18-11+/t20-,22+,26+,27+,28+/m0/s1. The number of ether oxygens (including phenoxy) is 3. The Balaban J connectivity index is 1.95. The summed E-state index contributed by atoms with van der Waals surface area (Å²) in [6.45, 7) is 12.7. The minimum atomic E-state index is -0.940. The normalized spacial score (nSPS) is 42.3. The van der Waals surface area contributed by atoms with Crippen LogP contribution < -0.4 is 0 Å². The van der Waals surface area contributed by atoms with E-state index < -0.39 is 22.6 Å². The van der Waals surface area contributed by atoms with Crippen molar-refractivity contribution in [1.82, 2.24) is 0 Å². The topological polar surface area (TPSA) is 61.8 Å². The third-order valence-corrected chi connectivity index (χ3v) is 8.26. The number of fused-ring (bicyclic) bond motifs is 1. The molecule has 33 heavy (non-hydrogen) atoms. The Morgan fingerprint density at radius 1 is 1.09 bits per heavy atom. The number of ketones is 1. The third kappa shape index (κ3) is 3.82. The van der Waals surface area contributed by atoms with Gasteiger partial charge in [0.25, 0.3) is 0 Å². The number of carbonyl (C=O) groups excluding carboxylic acids is 2. The molecule has 2 bridgehead atoms. The van der Waals surface area contributed by atoms with Gasteiger partial charge in [0, 0.05) is 31.8 Å². The van der Waals surface area contributed by atoms with Crippen LogP contribution >= 0.6 is 0 Å². The summed E-state index contributed by atoms with van der Waals surface area (Å²) >= 11 is 0. The molecular weight excluding hydrogens is 416 g/mol. The Labute approximate surface area is 197 Å². The van der Waals surface area contributed by atoms with Crippen LogP contribution in [0.25, 0.3) is 0 Å². The van der Waals surface area contributed by atoms with Gasteiger partial charge in [-0.15, -0.1) is 0 Å². The van der Waals surface area contributed by atoms with E-state index in [1.165, 1.54) is 11.1 Å². The van der Waals surface area contributed by atoms with E-state index in [4.69, 9.17) is 14.2 Å². The lowest BCUT2D eigenvalue weighted by molar-refractivity contribution is -0.186. The first-order valence-corrected chi connectivity index (χ1v) is 12.2. The summed E-state index contributed by atoms with van der Waals surface area (Å²) in [4.78, 5) is 26.9. The van der Waals surface area contributed by atoms with Gasteiger partial charge in [0.2, 0.25) is 0 Å². The van der Waals surface area contributed by atoms with Gasteiger partial charge in [0.1, 0.15) is 11.2 Å². The summed E-state index contributed by atoms with van der Waals surface area (Å²) < 4.78 is 18.5. The van der Waals surface area contributed by atoms with Gasteiger partial charge in [-0.1, -0.05) is 37.1 Å². The summed E-state index contributed by atoms with van der Waals surface area (Å²) in [5.41, 5.74) is 1.59. The number of methoxy groups -OCH3 is 1. The van der Waals surface area contributed by atoms with Gasteiger partial charge in [-0.3, -0.25) is 4.79 Å². The third-order valence-electron chi connectivity index (χ3n) is 8.26. The molecule has 0 unspecified atom stereocenters. The van der Waals surface area contributed by atoms with Gasteiger partial charge in [0.05, 0.1) is 6.10 Å². The van der Waals surface area contributed by atoms with Crippen molar-refractivity contribution in [1.29, 1.82) is 0 Å². The highest BCUT2D eigenvalue weighted by Crippen LogP contribution is 2.62. The highest BCUT2D eigenvalue weighted by atomic mass is 16.6. The number of carbonyl (C=O) groups is 2. The van der Waals surface area contributed by atoms with Crippen molar-refractivity contribution in [2.45, 2.75) is 97.4 Å². The maximum atomic E-state index is 13.6. The van der Waals surface area contributed by atoms with Gasteiger partial charge in [-0.2, -0.15) is 0 Å². The fourth-order valence-electron chi connectivity index (χ4n) is 6.60. The van der Waals surface area contributed by atoms with Gasteiger partial charge in [-0.25, -0.2) is 4.79 Å². The van der Waals surface area contributed by atoms with Gasteiger partial charge < -0.3 is 14.2 Å². The van der Waals surface area contributed by atoms with Crippen LogP contribution in [0.3, 0.4) is 0 Å². The lowest BCUT2D eigenvalue weighted by Crippen LogP contribution is -2.59. The lowest BCUT2D eigenvalue weighted by atomic mass is 9.56. The second kappa shape index (κ2) is 8.26. The smallest absolute Gasteiger partial charge is 0.346 e. The predicted molar refractivity (Wildman–Crippen MR) is 127 cm³/mol. The molecule has 3 aliphatic heterocycles. The van der Waals surface area contributed by atoms with Gasteiger partial charge in [0.15, 0.2) is 17.1 Å². The van der Waals surface area contributed by atoms with Crippen LogP contribution in [0.5, 0.6) is 0 Å². The zero-order valence-electron chi connectivity index (χ0n) is 21.2. The first-order valence-electron chi connectivity index (χ1n) is 12.2. The molecule has 0 saturated carbocycles. The molecule has 4 aliphatic rings. The summed E-state index contributed by atoms with van der Waals surface area (Å²) in [6.07, 6.45) is 10.4. The zero-order valence-corrected chi connectivity index (χ0v) is 21.2. The second-order valence-corrected chi connectivity index (χ2v) is 11.0. The predicted octanol–water partition coefficient (Wildman–Crippen LogP) is 5.76. The Morgan fingerprint density at radius 2 is 1.82 bits per heavy atom. The van der Waals surface area contributed by atoms with Crippen LogP contribution in [0.4, 0.5) is 0 Å². The van der Waals surface area contributed by atoms with E-state index in [-0.39, 0.29) is 29.8 Å². The average Bonchev–Trinajstić information content (AvgIpc) is 3.00. The molecule has 0 aromatic carbocycles. The molecule has 4 rings (SSSR count). The van der Waals surface area contributed by atoms with E-state index in [1.54, 1.807) is 7.11 Å². The van der Waals surface area contributed by atoms with Crippen molar-refractivity contribution >= 4 is 11.8 Å².